The molecule has 2 aliphatic rings. The lowest BCUT2D eigenvalue weighted by Crippen LogP contribution is -2.46. The predicted molar refractivity (Wildman–Crippen MR) is 103 cm³/mol. The number of hydrogen-bond acceptors (Lipinski definition) is 2. The van der Waals surface area contributed by atoms with E-state index in [-0.39, 0.29) is 30.0 Å². The molecule has 0 unspecified atom stereocenters. The van der Waals surface area contributed by atoms with Crippen LogP contribution in [0.5, 0.6) is 0 Å². The zero-order chi connectivity index (χ0) is 14.9. The SMILES string of the molecule is I.NC(=NC1CC(F)(c2cccc(Cl)c2)C1)N1CCSCC1. The Kier molecular flexibility index (Phi) is 6.24. The third kappa shape index (κ3) is 4.00. The van der Waals surface area contributed by atoms with Gasteiger partial charge in [-0.2, -0.15) is 11.8 Å². The second-order valence-electron chi connectivity index (χ2n) is 5.62. The number of thioether (sulfide) groups is 1. The normalized spacial score (nSPS) is 28.7. The van der Waals surface area contributed by atoms with E-state index in [9.17, 15) is 4.39 Å². The van der Waals surface area contributed by atoms with E-state index in [2.05, 4.69) is 9.89 Å². The largest absolute Gasteiger partial charge is 0.370 e. The Hall–Kier alpha value is -0.210. The fourth-order valence-electron chi connectivity index (χ4n) is 2.84. The summed E-state index contributed by atoms with van der Waals surface area (Å²) in [6.45, 7) is 1.86. The zero-order valence-corrected chi connectivity index (χ0v) is 16.1. The summed E-state index contributed by atoms with van der Waals surface area (Å²) in [6.07, 6.45) is 0.771. The van der Waals surface area contributed by atoms with Gasteiger partial charge in [0.1, 0.15) is 5.67 Å². The van der Waals surface area contributed by atoms with Crippen molar-refractivity contribution in [3.63, 3.8) is 0 Å². The molecule has 2 N–H and O–H groups in total. The summed E-state index contributed by atoms with van der Waals surface area (Å²) < 4.78 is 14.8. The van der Waals surface area contributed by atoms with Crippen LogP contribution in [0.3, 0.4) is 0 Å². The van der Waals surface area contributed by atoms with Gasteiger partial charge in [-0.15, -0.1) is 24.0 Å². The highest BCUT2D eigenvalue weighted by atomic mass is 127. The maximum atomic E-state index is 14.8. The molecule has 0 spiro atoms. The first-order valence-corrected chi connectivity index (χ1v) is 8.71. The van der Waals surface area contributed by atoms with Crippen molar-refractivity contribution in [1.82, 2.24) is 4.90 Å². The van der Waals surface area contributed by atoms with Crippen molar-refractivity contribution in [1.29, 1.82) is 0 Å². The molecular weight excluding hydrogens is 436 g/mol. The number of halogens is 3. The summed E-state index contributed by atoms with van der Waals surface area (Å²) in [5.74, 6) is 2.72. The number of benzene rings is 1. The average Bonchev–Trinajstić information content (AvgIpc) is 2.46. The smallest absolute Gasteiger partial charge is 0.191 e. The quantitative estimate of drug-likeness (QED) is 0.420. The molecule has 22 heavy (non-hydrogen) atoms. The molecule has 2 fully saturated rings. The van der Waals surface area contributed by atoms with Crippen molar-refractivity contribution in [3.05, 3.63) is 34.9 Å². The molecule has 0 bridgehead atoms. The Labute approximate surface area is 156 Å². The molecule has 7 heteroatoms. The van der Waals surface area contributed by atoms with Crippen molar-refractivity contribution in [2.24, 2.45) is 10.7 Å². The van der Waals surface area contributed by atoms with Gasteiger partial charge in [0.15, 0.2) is 5.96 Å². The summed E-state index contributed by atoms with van der Waals surface area (Å²) in [5, 5.41) is 0.571. The van der Waals surface area contributed by atoms with Crippen LogP contribution < -0.4 is 5.73 Å². The van der Waals surface area contributed by atoms with Crippen LogP contribution in [-0.4, -0.2) is 41.5 Å². The molecule has 1 saturated carbocycles. The molecule has 1 heterocycles. The van der Waals surface area contributed by atoms with Gasteiger partial charge in [-0.1, -0.05) is 23.7 Å². The monoisotopic (exact) mass is 455 g/mol. The van der Waals surface area contributed by atoms with E-state index in [4.69, 9.17) is 17.3 Å². The van der Waals surface area contributed by atoms with Crippen molar-refractivity contribution in [2.75, 3.05) is 24.6 Å². The first kappa shape index (κ1) is 18.1. The number of nitrogens with two attached hydrogens (primary N) is 1. The number of nitrogens with zero attached hydrogens (tertiary/aromatic N) is 2. The van der Waals surface area contributed by atoms with Gasteiger partial charge in [-0.05, 0) is 17.7 Å². The van der Waals surface area contributed by atoms with Crippen molar-refractivity contribution in [3.8, 4) is 0 Å². The fourth-order valence-corrected chi connectivity index (χ4v) is 3.94. The molecule has 1 aliphatic heterocycles. The molecule has 1 aromatic carbocycles. The summed E-state index contributed by atoms with van der Waals surface area (Å²) in [4.78, 5) is 6.58. The molecule has 1 aromatic rings. The summed E-state index contributed by atoms with van der Waals surface area (Å²) in [5.41, 5.74) is 5.37. The first-order valence-electron chi connectivity index (χ1n) is 7.18. The maximum absolute atomic E-state index is 14.8. The summed E-state index contributed by atoms with van der Waals surface area (Å²) >= 11 is 7.86. The van der Waals surface area contributed by atoms with Gasteiger partial charge in [-0.25, -0.2) is 9.38 Å². The van der Waals surface area contributed by atoms with E-state index in [0.29, 0.717) is 29.4 Å². The van der Waals surface area contributed by atoms with Gasteiger partial charge in [0.05, 0.1) is 6.04 Å². The standard InChI is InChI=1S/C15H19ClFN3S.HI/c16-12-3-1-2-11(8-12)15(17)9-13(10-15)19-14(18)20-4-6-21-7-5-20;/h1-3,8,13H,4-7,9-10H2,(H2,18,19);1H. The van der Waals surface area contributed by atoms with Crippen LogP contribution in [-0.2, 0) is 5.67 Å². The average molecular weight is 456 g/mol. The lowest BCUT2D eigenvalue weighted by molar-refractivity contribution is 0.0410. The van der Waals surface area contributed by atoms with E-state index in [1.807, 2.05) is 11.8 Å². The van der Waals surface area contributed by atoms with Crippen LogP contribution >= 0.6 is 47.3 Å². The van der Waals surface area contributed by atoms with E-state index in [1.54, 1.807) is 24.3 Å². The topological polar surface area (TPSA) is 41.6 Å². The summed E-state index contributed by atoms with van der Waals surface area (Å²) in [6, 6.07) is 7.01. The van der Waals surface area contributed by atoms with Crippen molar-refractivity contribution < 1.29 is 4.39 Å². The highest BCUT2D eigenvalue weighted by Crippen LogP contribution is 2.47. The highest BCUT2D eigenvalue weighted by molar-refractivity contribution is 14.0. The van der Waals surface area contributed by atoms with Crippen LogP contribution in [0.15, 0.2) is 29.3 Å². The lowest BCUT2D eigenvalue weighted by Gasteiger charge is -2.40. The molecule has 0 aromatic heterocycles. The third-order valence-corrected chi connectivity index (χ3v) is 5.29. The predicted octanol–water partition coefficient (Wildman–Crippen LogP) is 3.65. The maximum Gasteiger partial charge on any atom is 0.191 e. The minimum absolute atomic E-state index is 0. The Morgan fingerprint density at radius 2 is 2.05 bits per heavy atom. The number of hydrogen-bond donors (Lipinski definition) is 1. The van der Waals surface area contributed by atoms with Gasteiger partial charge in [0, 0.05) is 42.5 Å². The van der Waals surface area contributed by atoms with Gasteiger partial charge in [-0.3, -0.25) is 0 Å². The molecule has 1 aliphatic carbocycles. The van der Waals surface area contributed by atoms with Crippen molar-refractivity contribution >= 4 is 53.3 Å². The van der Waals surface area contributed by atoms with Crippen LogP contribution in [0.25, 0.3) is 0 Å². The Bertz CT molecular complexity index is 545. The highest BCUT2D eigenvalue weighted by Gasteiger charge is 2.46. The number of aliphatic imine (C=N–C) groups is 1. The second-order valence-corrected chi connectivity index (χ2v) is 7.29. The number of guanidine groups is 1. The van der Waals surface area contributed by atoms with Gasteiger partial charge in [0.25, 0.3) is 0 Å². The van der Waals surface area contributed by atoms with Crippen LogP contribution in [0, 0.1) is 0 Å². The molecule has 1 saturated heterocycles. The molecule has 3 rings (SSSR count). The molecule has 0 radical (unpaired) electrons. The first-order chi connectivity index (χ1) is 10.1. The summed E-state index contributed by atoms with van der Waals surface area (Å²) in [7, 11) is 0. The minimum atomic E-state index is -1.31. The zero-order valence-electron chi connectivity index (χ0n) is 12.2. The van der Waals surface area contributed by atoms with Crippen LogP contribution in [0.2, 0.25) is 5.02 Å². The molecular formula is C15H20ClFIN3S. The van der Waals surface area contributed by atoms with Gasteiger partial charge >= 0.3 is 0 Å². The molecule has 3 nitrogen and oxygen atoms in total. The minimum Gasteiger partial charge on any atom is -0.370 e. The van der Waals surface area contributed by atoms with E-state index < -0.39 is 5.67 Å². The van der Waals surface area contributed by atoms with Crippen LogP contribution in [0.1, 0.15) is 18.4 Å². The van der Waals surface area contributed by atoms with E-state index >= 15 is 0 Å². The number of rotatable bonds is 2. The van der Waals surface area contributed by atoms with Gasteiger partial charge < -0.3 is 10.6 Å². The Balaban J connectivity index is 0.00000176. The van der Waals surface area contributed by atoms with Crippen molar-refractivity contribution in [2.45, 2.75) is 24.6 Å². The van der Waals surface area contributed by atoms with Gasteiger partial charge in [0.2, 0.25) is 0 Å². The number of alkyl halides is 1. The Morgan fingerprint density at radius 1 is 1.36 bits per heavy atom. The van der Waals surface area contributed by atoms with Crippen LogP contribution in [0.4, 0.5) is 4.39 Å². The molecule has 0 atom stereocenters. The lowest BCUT2D eigenvalue weighted by atomic mass is 9.73. The Morgan fingerprint density at radius 3 is 2.68 bits per heavy atom. The molecule has 0 amide bonds. The fraction of sp³-hybridized carbons (Fsp3) is 0.533. The second kappa shape index (κ2) is 7.57. The third-order valence-electron chi connectivity index (χ3n) is 4.11. The van der Waals surface area contributed by atoms with E-state index in [1.165, 1.54) is 0 Å². The van der Waals surface area contributed by atoms with E-state index in [0.717, 1.165) is 24.6 Å². The molecule has 122 valence electrons.